The smallest absolute Gasteiger partial charge is 0.341 e. The fourth-order valence-corrected chi connectivity index (χ4v) is 3.65. The normalized spacial score (nSPS) is 11.3. The number of benzene rings is 2. The first-order valence-corrected chi connectivity index (χ1v) is 8.27. The first kappa shape index (κ1) is 17.2. The van der Waals surface area contributed by atoms with E-state index in [1.54, 1.807) is 11.8 Å². The molecule has 2 rings (SSSR count). The van der Waals surface area contributed by atoms with E-state index in [-0.39, 0.29) is 5.57 Å². The van der Waals surface area contributed by atoms with Gasteiger partial charge in [0.25, 0.3) is 0 Å². The fraction of sp³-hybridized carbons (Fsp3) is 0.211. The maximum atomic E-state index is 11.8. The van der Waals surface area contributed by atoms with E-state index in [0.717, 1.165) is 16.9 Å². The molecule has 2 aromatic rings. The van der Waals surface area contributed by atoms with Crippen LogP contribution in [-0.4, -0.2) is 18.2 Å². The summed E-state index contributed by atoms with van der Waals surface area (Å²) in [5.74, 6) is 0.252. The van der Waals surface area contributed by atoms with Crippen LogP contribution in [0, 0.1) is 13.8 Å². The summed E-state index contributed by atoms with van der Waals surface area (Å²) >= 11 is 1.64. The second-order valence-corrected chi connectivity index (χ2v) is 6.21. The Bertz CT molecular complexity index is 715. The number of esters is 1. The van der Waals surface area contributed by atoms with Gasteiger partial charge in [0.1, 0.15) is 5.57 Å². The highest BCUT2D eigenvalue weighted by Crippen LogP contribution is 2.32. The van der Waals surface area contributed by atoms with Gasteiger partial charge in [-0.25, -0.2) is 4.79 Å². The van der Waals surface area contributed by atoms with Gasteiger partial charge in [0, 0.05) is 16.2 Å². The van der Waals surface area contributed by atoms with E-state index in [2.05, 4.69) is 32.0 Å². The van der Waals surface area contributed by atoms with Crippen molar-refractivity contribution in [1.82, 2.24) is 0 Å². The van der Waals surface area contributed by atoms with Crippen molar-refractivity contribution in [2.75, 3.05) is 7.11 Å². The Labute approximate surface area is 141 Å². The minimum absolute atomic E-state index is 0.164. The topological polar surface area (TPSA) is 46.5 Å². The molecule has 0 aromatic heterocycles. The van der Waals surface area contributed by atoms with Gasteiger partial charge in [0.15, 0.2) is 0 Å². The van der Waals surface area contributed by atoms with Gasteiger partial charge >= 0.3 is 5.97 Å². The Morgan fingerprint density at radius 1 is 1.13 bits per heavy atom. The van der Waals surface area contributed by atoms with Crippen molar-refractivity contribution in [3.63, 3.8) is 0 Å². The fourth-order valence-electron chi connectivity index (χ4n) is 2.38. The second kappa shape index (κ2) is 7.88. The van der Waals surface area contributed by atoms with Crippen LogP contribution < -0.4 is 0 Å². The molecule has 4 heteroatoms. The second-order valence-electron chi connectivity index (χ2n) is 5.19. The Morgan fingerprint density at radius 3 is 2.39 bits per heavy atom. The molecule has 0 saturated carbocycles. The van der Waals surface area contributed by atoms with Crippen LogP contribution in [0.4, 0.5) is 0 Å². The SMILES string of the molecule is COC(=O)/C(=C/O)c1ccccc1SCc1c(C)cccc1C. The number of ether oxygens (including phenoxy) is 1. The summed E-state index contributed by atoms with van der Waals surface area (Å²) in [6.07, 6.45) is 0.810. The maximum Gasteiger partial charge on any atom is 0.341 e. The minimum Gasteiger partial charge on any atom is -0.515 e. The summed E-state index contributed by atoms with van der Waals surface area (Å²) in [7, 11) is 1.30. The predicted octanol–water partition coefficient (Wildman–Crippen LogP) is 4.67. The molecule has 0 heterocycles. The van der Waals surface area contributed by atoms with Crippen LogP contribution in [0.3, 0.4) is 0 Å². The molecular formula is C19H20O3S. The number of aryl methyl sites for hydroxylation is 2. The van der Waals surface area contributed by atoms with Gasteiger partial charge in [0.2, 0.25) is 0 Å². The third kappa shape index (κ3) is 3.96. The Morgan fingerprint density at radius 2 is 1.78 bits per heavy atom. The van der Waals surface area contributed by atoms with Gasteiger partial charge in [-0.05, 0) is 36.6 Å². The van der Waals surface area contributed by atoms with Crippen LogP contribution in [0.15, 0.2) is 53.6 Å². The molecule has 0 aliphatic rings. The lowest BCUT2D eigenvalue weighted by Gasteiger charge is -2.13. The first-order chi connectivity index (χ1) is 11.1. The molecule has 0 radical (unpaired) electrons. The predicted molar refractivity (Wildman–Crippen MR) is 94.5 cm³/mol. The summed E-state index contributed by atoms with van der Waals surface area (Å²) in [6, 6.07) is 13.8. The van der Waals surface area contributed by atoms with Crippen molar-refractivity contribution in [3.8, 4) is 0 Å². The third-order valence-corrected chi connectivity index (χ3v) is 4.83. The van der Waals surface area contributed by atoms with Crippen molar-refractivity contribution >= 4 is 23.3 Å². The monoisotopic (exact) mass is 328 g/mol. The van der Waals surface area contributed by atoms with Crippen LogP contribution in [0.25, 0.3) is 5.57 Å². The Hall–Kier alpha value is -2.20. The Balaban J connectivity index is 2.30. The summed E-state index contributed by atoms with van der Waals surface area (Å²) < 4.78 is 4.74. The van der Waals surface area contributed by atoms with Crippen LogP contribution in [-0.2, 0) is 15.3 Å². The number of hydrogen-bond acceptors (Lipinski definition) is 4. The quantitative estimate of drug-likeness (QED) is 0.375. The standard InChI is InChI=1S/C19H20O3S/c1-13-7-6-8-14(2)17(13)12-23-18-10-5-4-9-15(18)16(11-20)19(21)22-3/h4-11,20H,12H2,1-3H3/b16-11+. The van der Waals surface area contributed by atoms with Gasteiger partial charge in [-0.1, -0.05) is 36.4 Å². The highest BCUT2D eigenvalue weighted by molar-refractivity contribution is 7.98. The molecule has 120 valence electrons. The number of aliphatic hydroxyl groups is 1. The van der Waals surface area contributed by atoms with Crippen molar-refractivity contribution in [1.29, 1.82) is 0 Å². The lowest BCUT2D eigenvalue weighted by molar-refractivity contribution is -0.133. The number of methoxy groups -OCH3 is 1. The molecule has 0 spiro atoms. The molecule has 0 atom stereocenters. The van der Waals surface area contributed by atoms with E-state index in [1.165, 1.54) is 23.8 Å². The molecule has 0 amide bonds. The van der Waals surface area contributed by atoms with Gasteiger partial charge in [-0.15, -0.1) is 11.8 Å². The summed E-state index contributed by atoms with van der Waals surface area (Å²) in [4.78, 5) is 12.7. The molecule has 23 heavy (non-hydrogen) atoms. The molecule has 0 aliphatic heterocycles. The number of thioether (sulfide) groups is 1. The van der Waals surface area contributed by atoms with Gasteiger partial charge in [-0.2, -0.15) is 0 Å². The van der Waals surface area contributed by atoms with Gasteiger partial charge in [-0.3, -0.25) is 0 Å². The maximum absolute atomic E-state index is 11.8. The summed E-state index contributed by atoms with van der Waals surface area (Å²) in [6.45, 7) is 4.20. The number of rotatable bonds is 5. The highest BCUT2D eigenvalue weighted by atomic mass is 32.2. The van der Waals surface area contributed by atoms with Crippen LogP contribution in [0.2, 0.25) is 0 Å². The molecular weight excluding hydrogens is 308 g/mol. The van der Waals surface area contributed by atoms with E-state index < -0.39 is 5.97 Å². The zero-order chi connectivity index (χ0) is 16.8. The first-order valence-electron chi connectivity index (χ1n) is 7.28. The average Bonchev–Trinajstić information content (AvgIpc) is 2.56. The van der Waals surface area contributed by atoms with Crippen LogP contribution in [0.5, 0.6) is 0 Å². The van der Waals surface area contributed by atoms with Crippen LogP contribution in [0.1, 0.15) is 22.3 Å². The van der Waals surface area contributed by atoms with Crippen molar-refractivity contribution in [2.24, 2.45) is 0 Å². The number of aliphatic hydroxyl groups excluding tert-OH is 1. The molecule has 2 aromatic carbocycles. The lowest BCUT2D eigenvalue weighted by atomic mass is 10.1. The highest BCUT2D eigenvalue weighted by Gasteiger charge is 2.16. The summed E-state index contributed by atoms with van der Waals surface area (Å²) in [5.41, 5.74) is 4.64. The average molecular weight is 328 g/mol. The third-order valence-electron chi connectivity index (χ3n) is 3.73. The number of carbonyl (C=O) groups is 1. The molecule has 0 bridgehead atoms. The lowest BCUT2D eigenvalue weighted by Crippen LogP contribution is -2.05. The molecule has 3 nitrogen and oxygen atoms in total. The summed E-state index contributed by atoms with van der Waals surface area (Å²) in [5, 5.41) is 9.41. The van der Waals surface area contributed by atoms with E-state index in [4.69, 9.17) is 4.74 Å². The van der Waals surface area contributed by atoms with E-state index in [9.17, 15) is 9.90 Å². The largest absolute Gasteiger partial charge is 0.515 e. The number of hydrogen-bond donors (Lipinski definition) is 1. The molecule has 0 fully saturated rings. The van der Waals surface area contributed by atoms with Crippen LogP contribution >= 0.6 is 11.8 Å². The zero-order valence-corrected chi connectivity index (χ0v) is 14.3. The van der Waals surface area contributed by atoms with E-state index in [0.29, 0.717) is 5.56 Å². The zero-order valence-electron chi connectivity index (χ0n) is 13.5. The number of carbonyl (C=O) groups excluding carboxylic acids is 1. The molecule has 0 saturated heterocycles. The Kier molecular flexibility index (Phi) is 5.88. The van der Waals surface area contributed by atoms with E-state index >= 15 is 0 Å². The molecule has 1 N–H and O–H groups in total. The minimum atomic E-state index is -0.548. The molecule has 0 aliphatic carbocycles. The van der Waals surface area contributed by atoms with Gasteiger partial charge in [0.05, 0.1) is 13.4 Å². The van der Waals surface area contributed by atoms with Crippen molar-refractivity contribution in [2.45, 2.75) is 24.5 Å². The van der Waals surface area contributed by atoms with Crippen molar-refractivity contribution in [3.05, 3.63) is 71.0 Å². The van der Waals surface area contributed by atoms with Gasteiger partial charge < -0.3 is 9.84 Å². The van der Waals surface area contributed by atoms with Crippen molar-refractivity contribution < 1.29 is 14.6 Å². The van der Waals surface area contributed by atoms with E-state index in [1.807, 2.05) is 24.3 Å². The molecule has 0 unspecified atom stereocenters.